The number of methoxy groups -OCH3 is 1. The Labute approximate surface area is 348 Å². The van der Waals surface area contributed by atoms with Gasteiger partial charge in [-0.1, -0.05) is 103 Å². The Hall–Kier alpha value is -7.06. The van der Waals surface area contributed by atoms with E-state index in [9.17, 15) is 28.3 Å². The molecule has 0 amide bonds. The summed E-state index contributed by atoms with van der Waals surface area (Å²) in [6.07, 6.45) is 0. The van der Waals surface area contributed by atoms with Crippen molar-refractivity contribution in [2.45, 2.75) is 4.90 Å². The Kier molecular flexibility index (Phi) is 13.8. The molecule has 8 aromatic rings. The smallest absolute Gasteiger partial charge is 0.295 e. The van der Waals surface area contributed by atoms with E-state index < -0.39 is 20.8 Å². The predicted octanol–water partition coefficient (Wildman–Crippen LogP) is 11.6. The number of aromatic hydroxyl groups is 3. The van der Waals surface area contributed by atoms with Gasteiger partial charge in [0.25, 0.3) is 10.1 Å². The Balaban J connectivity index is 0.000000217. The van der Waals surface area contributed by atoms with Gasteiger partial charge in [-0.3, -0.25) is 4.55 Å². The first-order valence-electron chi connectivity index (χ1n) is 17.2. The SMILES string of the molecule is COc1ccccc1N=Nc1ccc(O)c(N=Nc2cccc3ccccc23)c1.O.O=S(=O)(O)c1cc(O)c(N=Nc2c(O)ccc3ccccc23)c2ccccc12.[Cr]. The molecule has 0 fully saturated rings. The van der Waals surface area contributed by atoms with Crippen molar-refractivity contribution in [3.05, 3.63) is 152 Å². The number of hydrogen-bond donors (Lipinski definition) is 4. The van der Waals surface area contributed by atoms with Crippen molar-refractivity contribution < 1.29 is 55.9 Å². The van der Waals surface area contributed by atoms with Crippen LogP contribution in [0.5, 0.6) is 23.0 Å². The maximum atomic E-state index is 11.6. The van der Waals surface area contributed by atoms with Gasteiger partial charge in [0.15, 0.2) is 0 Å². The van der Waals surface area contributed by atoms with Crippen LogP contribution < -0.4 is 4.74 Å². The van der Waals surface area contributed by atoms with Crippen LogP contribution in [0.25, 0.3) is 32.3 Å². The molecule has 16 heteroatoms. The number of rotatable bonds is 8. The third-order valence-corrected chi connectivity index (χ3v) is 9.61. The van der Waals surface area contributed by atoms with Crippen molar-refractivity contribution in [2.24, 2.45) is 30.7 Å². The second-order valence-corrected chi connectivity index (χ2v) is 13.8. The molecule has 0 atom stereocenters. The van der Waals surface area contributed by atoms with Crippen molar-refractivity contribution in [1.82, 2.24) is 0 Å². The molecule has 0 aromatic heterocycles. The summed E-state index contributed by atoms with van der Waals surface area (Å²) in [5, 5.41) is 59.9. The number of fused-ring (bicyclic) bond motifs is 3. The average Bonchev–Trinajstić information content (AvgIpc) is 3.23. The number of ether oxygens (including phenoxy) is 1. The molecule has 14 nitrogen and oxygen atoms in total. The van der Waals surface area contributed by atoms with Crippen LogP contribution in [0.2, 0.25) is 0 Å². The standard InChI is InChI=1S/C23H18N4O2.C20H14N2O5S.Cr.H2O/c1-29-23-12-5-4-10-20(23)26-24-17-13-14-22(28)21(15-17)27-25-19-11-6-8-16-7-2-3-9-18(16)19;23-16-10-9-12-5-1-2-6-13(12)19(16)21-22-20-15-8-4-3-7-14(15)18(11-17(20)24)28(25,26)27;;/h2-15,28H,1H3;1-11,23-24H,(H,25,26,27);;1H2. The van der Waals surface area contributed by atoms with Crippen molar-refractivity contribution in [1.29, 1.82) is 0 Å². The Morgan fingerprint density at radius 2 is 1.00 bits per heavy atom. The van der Waals surface area contributed by atoms with Crippen LogP contribution in [-0.2, 0) is 27.5 Å². The molecule has 8 aromatic carbocycles. The molecule has 59 heavy (non-hydrogen) atoms. The van der Waals surface area contributed by atoms with Crippen LogP contribution in [0.1, 0.15) is 0 Å². The fourth-order valence-electron chi connectivity index (χ4n) is 5.96. The zero-order chi connectivity index (χ0) is 39.9. The zero-order valence-corrected chi connectivity index (χ0v) is 33.0. The second kappa shape index (κ2) is 18.9. The van der Waals surface area contributed by atoms with Gasteiger partial charge in [-0.2, -0.15) is 13.5 Å². The fourth-order valence-corrected chi connectivity index (χ4v) is 6.68. The molecule has 0 heterocycles. The van der Waals surface area contributed by atoms with Crippen LogP contribution in [0.4, 0.5) is 34.1 Å². The molecule has 8 rings (SSSR count). The maximum absolute atomic E-state index is 11.6. The number of phenols is 3. The van der Waals surface area contributed by atoms with E-state index in [1.165, 1.54) is 18.2 Å². The Morgan fingerprint density at radius 1 is 0.475 bits per heavy atom. The van der Waals surface area contributed by atoms with Gasteiger partial charge in [-0.15, -0.1) is 25.6 Å². The average molecular weight is 847 g/mol. The van der Waals surface area contributed by atoms with Crippen molar-refractivity contribution in [3.8, 4) is 23.0 Å². The molecular weight excluding hydrogens is 813 g/mol. The zero-order valence-electron chi connectivity index (χ0n) is 30.9. The minimum atomic E-state index is -4.54. The van der Waals surface area contributed by atoms with Gasteiger partial charge in [0.1, 0.15) is 50.6 Å². The molecule has 0 aliphatic rings. The Bertz CT molecular complexity index is 2990. The van der Waals surface area contributed by atoms with Crippen LogP contribution in [0.15, 0.2) is 187 Å². The predicted molar refractivity (Wildman–Crippen MR) is 222 cm³/mol. The van der Waals surface area contributed by atoms with Gasteiger partial charge < -0.3 is 25.5 Å². The van der Waals surface area contributed by atoms with Gasteiger partial charge >= 0.3 is 0 Å². The van der Waals surface area contributed by atoms with Gasteiger partial charge in [-0.05, 0) is 53.2 Å². The molecule has 0 aliphatic carbocycles. The van der Waals surface area contributed by atoms with Crippen molar-refractivity contribution in [2.75, 3.05) is 7.11 Å². The van der Waals surface area contributed by atoms with Crippen LogP contribution in [0.3, 0.4) is 0 Å². The second-order valence-electron chi connectivity index (χ2n) is 12.4. The number of nitrogens with zero attached hydrogens (tertiary/aromatic N) is 6. The molecule has 0 radical (unpaired) electrons. The molecule has 0 saturated carbocycles. The summed E-state index contributed by atoms with van der Waals surface area (Å²) in [5.41, 5.74) is 2.44. The first kappa shape index (κ1) is 43.1. The van der Waals surface area contributed by atoms with Crippen LogP contribution in [-0.4, -0.2) is 40.9 Å². The van der Waals surface area contributed by atoms with E-state index in [1.54, 1.807) is 55.6 Å². The minimum absolute atomic E-state index is 0. The molecule has 0 bridgehead atoms. The van der Waals surface area contributed by atoms with E-state index >= 15 is 0 Å². The molecule has 0 saturated heterocycles. The summed E-state index contributed by atoms with van der Waals surface area (Å²) >= 11 is 0. The number of hydrogen-bond acceptors (Lipinski definition) is 12. The summed E-state index contributed by atoms with van der Waals surface area (Å²) in [6, 6.07) is 43.7. The molecular formula is C43H34CrN6O8S. The van der Waals surface area contributed by atoms with E-state index in [-0.39, 0.29) is 51.1 Å². The first-order chi connectivity index (χ1) is 27.6. The molecule has 6 N–H and O–H groups in total. The fraction of sp³-hybridized carbons (Fsp3) is 0.0233. The van der Waals surface area contributed by atoms with E-state index in [0.717, 1.165) is 27.9 Å². The van der Waals surface area contributed by atoms with E-state index in [2.05, 4.69) is 30.7 Å². The molecule has 0 aliphatic heterocycles. The summed E-state index contributed by atoms with van der Waals surface area (Å²) < 4.78 is 38.0. The summed E-state index contributed by atoms with van der Waals surface area (Å²) in [6.45, 7) is 0. The Morgan fingerprint density at radius 3 is 1.71 bits per heavy atom. The topological polar surface area (TPSA) is 230 Å². The summed E-state index contributed by atoms with van der Waals surface area (Å²) in [5.74, 6) is 0.103. The maximum Gasteiger partial charge on any atom is 0.295 e. The number of para-hydroxylation sites is 1. The van der Waals surface area contributed by atoms with Crippen molar-refractivity contribution >= 4 is 76.6 Å². The van der Waals surface area contributed by atoms with Gasteiger partial charge in [-0.25, -0.2) is 0 Å². The minimum Gasteiger partial charge on any atom is -0.506 e. The van der Waals surface area contributed by atoms with Gasteiger partial charge in [0, 0.05) is 45.0 Å². The first-order valence-corrected chi connectivity index (χ1v) is 18.7. The monoisotopic (exact) mass is 846 g/mol. The van der Waals surface area contributed by atoms with E-state index in [0.29, 0.717) is 33.6 Å². The van der Waals surface area contributed by atoms with E-state index in [4.69, 9.17) is 4.74 Å². The third-order valence-electron chi connectivity index (χ3n) is 8.71. The summed E-state index contributed by atoms with van der Waals surface area (Å²) in [7, 11) is -2.96. The normalized spacial score (nSPS) is 11.4. The van der Waals surface area contributed by atoms with Crippen LogP contribution in [0, 0.1) is 0 Å². The molecule has 0 unspecified atom stereocenters. The number of azo groups is 3. The van der Waals surface area contributed by atoms with E-state index in [1.807, 2.05) is 78.9 Å². The van der Waals surface area contributed by atoms with Crippen molar-refractivity contribution in [3.63, 3.8) is 0 Å². The quantitative estimate of drug-likeness (QED) is 0.0852. The number of benzene rings is 8. The van der Waals surface area contributed by atoms with Crippen LogP contribution >= 0.6 is 0 Å². The van der Waals surface area contributed by atoms with Gasteiger partial charge in [0.05, 0.1) is 18.5 Å². The molecule has 296 valence electrons. The number of phenolic OH excluding ortho intramolecular Hbond substituents is 3. The largest absolute Gasteiger partial charge is 0.506 e. The molecule has 0 spiro atoms. The van der Waals surface area contributed by atoms with Gasteiger partial charge in [0.2, 0.25) is 0 Å². The summed E-state index contributed by atoms with van der Waals surface area (Å²) in [4.78, 5) is -0.424. The third kappa shape index (κ3) is 9.74.